The Kier molecular flexibility index (Phi) is 6.63. The first kappa shape index (κ1) is 18.7. The molecule has 0 atom stereocenters. The van der Waals surface area contributed by atoms with Crippen molar-refractivity contribution in [3.8, 4) is 5.69 Å². The van der Waals surface area contributed by atoms with Crippen LogP contribution in [0.25, 0.3) is 5.69 Å². The normalized spacial score (nSPS) is 10.7. The van der Waals surface area contributed by atoms with E-state index in [1.165, 1.54) is 11.8 Å². The van der Waals surface area contributed by atoms with Gasteiger partial charge in [0.25, 0.3) is 0 Å². The van der Waals surface area contributed by atoms with Gasteiger partial charge in [-0.3, -0.25) is 4.79 Å². The number of hydrogen-bond donors (Lipinski definition) is 0. The van der Waals surface area contributed by atoms with Crippen molar-refractivity contribution in [3.63, 3.8) is 0 Å². The van der Waals surface area contributed by atoms with E-state index in [2.05, 4.69) is 35.4 Å². The number of thioether (sulfide) groups is 1. The molecule has 0 spiro atoms. The number of para-hydroxylation sites is 1. The standard InChI is InChI=1S/C19H24N2OS2/c1-5-20(6-2)19(23)24-13-18(22)17-12-14(3)21(15(17)4)16-10-8-7-9-11-16/h7-12H,5-6,13H2,1-4H3. The van der Waals surface area contributed by atoms with Crippen LogP contribution in [0.4, 0.5) is 0 Å². The molecule has 1 aromatic heterocycles. The van der Waals surface area contributed by atoms with Crippen molar-refractivity contribution in [3.05, 3.63) is 53.3 Å². The van der Waals surface area contributed by atoms with Crippen LogP contribution in [0.3, 0.4) is 0 Å². The van der Waals surface area contributed by atoms with Crippen molar-refractivity contribution in [2.75, 3.05) is 18.8 Å². The predicted octanol–water partition coefficient (Wildman–Crippen LogP) is 4.64. The summed E-state index contributed by atoms with van der Waals surface area (Å²) in [5.74, 6) is 0.513. The largest absolute Gasteiger partial charge is 0.358 e. The SMILES string of the molecule is CCN(CC)C(=S)SCC(=O)c1cc(C)n(-c2ccccc2)c1C. The summed E-state index contributed by atoms with van der Waals surface area (Å²) in [5, 5.41) is 0. The average molecular weight is 361 g/mol. The lowest BCUT2D eigenvalue weighted by atomic mass is 10.2. The van der Waals surface area contributed by atoms with Crippen molar-refractivity contribution < 1.29 is 4.79 Å². The molecule has 0 N–H and O–H groups in total. The van der Waals surface area contributed by atoms with Crippen LogP contribution in [0.15, 0.2) is 36.4 Å². The van der Waals surface area contributed by atoms with Crippen LogP contribution < -0.4 is 0 Å². The highest BCUT2D eigenvalue weighted by atomic mass is 32.2. The average Bonchev–Trinajstić information content (AvgIpc) is 2.89. The summed E-state index contributed by atoms with van der Waals surface area (Å²) in [4.78, 5) is 14.8. The van der Waals surface area contributed by atoms with Gasteiger partial charge in [-0.25, -0.2) is 0 Å². The van der Waals surface area contributed by atoms with Crippen LogP contribution >= 0.6 is 24.0 Å². The van der Waals surface area contributed by atoms with E-state index in [-0.39, 0.29) is 5.78 Å². The van der Waals surface area contributed by atoms with Gasteiger partial charge < -0.3 is 9.47 Å². The molecule has 3 nitrogen and oxygen atoms in total. The summed E-state index contributed by atoms with van der Waals surface area (Å²) in [6.07, 6.45) is 0. The number of nitrogens with zero attached hydrogens (tertiary/aromatic N) is 2. The number of aryl methyl sites for hydroxylation is 1. The van der Waals surface area contributed by atoms with E-state index in [0.29, 0.717) is 5.75 Å². The van der Waals surface area contributed by atoms with Crippen LogP contribution in [0.5, 0.6) is 0 Å². The van der Waals surface area contributed by atoms with Gasteiger partial charge in [0.05, 0.1) is 5.75 Å². The molecule has 0 aliphatic carbocycles. The van der Waals surface area contributed by atoms with Gasteiger partial charge in [0.15, 0.2) is 5.78 Å². The molecule has 0 amide bonds. The monoisotopic (exact) mass is 360 g/mol. The second kappa shape index (κ2) is 8.49. The zero-order chi connectivity index (χ0) is 17.7. The van der Waals surface area contributed by atoms with Crippen molar-refractivity contribution in [1.29, 1.82) is 0 Å². The molecule has 5 heteroatoms. The van der Waals surface area contributed by atoms with E-state index in [1.54, 1.807) is 0 Å². The molecule has 24 heavy (non-hydrogen) atoms. The highest BCUT2D eigenvalue weighted by Crippen LogP contribution is 2.22. The number of carbonyl (C=O) groups excluding carboxylic acids is 1. The highest BCUT2D eigenvalue weighted by Gasteiger charge is 2.18. The number of Topliss-reactive ketones (excluding diaryl/α,β-unsaturated/α-hetero) is 1. The maximum atomic E-state index is 12.7. The summed E-state index contributed by atoms with van der Waals surface area (Å²) in [7, 11) is 0. The number of thiocarbonyl (C=S) groups is 1. The van der Waals surface area contributed by atoms with E-state index < -0.39 is 0 Å². The minimum Gasteiger partial charge on any atom is -0.358 e. The van der Waals surface area contributed by atoms with Gasteiger partial charge in [-0.2, -0.15) is 0 Å². The lowest BCUT2D eigenvalue weighted by Gasteiger charge is -2.20. The molecule has 1 heterocycles. The molecule has 1 aromatic carbocycles. The molecule has 0 fully saturated rings. The Hall–Kier alpha value is -1.59. The molecule has 128 valence electrons. The third-order valence-corrected chi connectivity index (χ3v) is 5.62. The third-order valence-electron chi connectivity index (χ3n) is 4.09. The summed E-state index contributed by atoms with van der Waals surface area (Å²) in [5.41, 5.74) is 3.92. The maximum Gasteiger partial charge on any atom is 0.174 e. The molecule has 0 radical (unpaired) electrons. The summed E-state index contributed by atoms with van der Waals surface area (Å²) < 4.78 is 2.92. The topological polar surface area (TPSA) is 25.2 Å². The molecular weight excluding hydrogens is 336 g/mol. The van der Waals surface area contributed by atoms with E-state index >= 15 is 0 Å². The van der Waals surface area contributed by atoms with E-state index in [1.807, 2.05) is 38.1 Å². The van der Waals surface area contributed by atoms with Crippen LogP contribution in [0.1, 0.15) is 35.6 Å². The van der Waals surface area contributed by atoms with Gasteiger partial charge in [-0.1, -0.05) is 42.2 Å². The summed E-state index contributed by atoms with van der Waals surface area (Å²) >= 11 is 6.87. The fourth-order valence-corrected chi connectivity index (χ4v) is 4.08. The van der Waals surface area contributed by atoms with Crippen LogP contribution in [0, 0.1) is 13.8 Å². The Morgan fingerprint density at radius 3 is 2.38 bits per heavy atom. The molecule has 0 bridgehead atoms. The smallest absolute Gasteiger partial charge is 0.174 e. The van der Waals surface area contributed by atoms with E-state index in [9.17, 15) is 4.79 Å². The minimum atomic E-state index is 0.129. The van der Waals surface area contributed by atoms with Gasteiger partial charge in [0.2, 0.25) is 0 Å². The Labute approximate surface area is 154 Å². The molecule has 0 saturated carbocycles. The number of hydrogen-bond acceptors (Lipinski definition) is 3. The molecule has 0 aliphatic rings. The first-order chi connectivity index (χ1) is 11.5. The number of ketones is 1. The lowest BCUT2D eigenvalue weighted by molar-refractivity contribution is 0.102. The third kappa shape index (κ3) is 4.08. The first-order valence-electron chi connectivity index (χ1n) is 8.18. The number of carbonyl (C=O) groups is 1. The molecule has 2 aromatic rings. The van der Waals surface area contributed by atoms with Crippen molar-refractivity contribution in [2.24, 2.45) is 0 Å². The number of aromatic nitrogens is 1. The lowest BCUT2D eigenvalue weighted by Crippen LogP contribution is -2.27. The molecule has 0 saturated heterocycles. The maximum absolute atomic E-state index is 12.7. The van der Waals surface area contributed by atoms with E-state index in [0.717, 1.165) is 40.0 Å². The van der Waals surface area contributed by atoms with E-state index in [4.69, 9.17) is 12.2 Å². The van der Waals surface area contributed by atoms with Gasteiger partial charge in [0, 0.05) is 35.7 Å². The number of rotatable bonds is 6. The Morgan fingerprint density at radius 2 is 1.79 bits per heavy atom. The highest BCUT2D eigenvalue weighted by molar-refractivity contribution is 8.23. The first-order valence-corrected chi connectivity index (χ1v) is 9.58. The van der Waals surface area contributed by atoms with Crippen molar-refractivity contribution in [2.45, 2.75) is 27.7 Å². The molecule has 0 aliphatic heterocycles. The van der Waals surface area contributed by atoms with Crippen molar-refractivity contribution in [1.82, 2.24) is 9.47 Å². The fourth-order valence-electron chi connectivity index (χ4n) is 2.80. The zero-order valence-electron chi connectivity index (χ0n) is 14.7. The second-order valence-corrected chi connectivity index (χ2v) is 7.21. The molecule has 2 rings (SSSR count). The van der Waals surface area contributed by atoms with Crippen LogP contribution in [0.2, 0.25) is 0 Å². The predicted molar refractivity (Wildman–Crippen MR) is 108 cm³/mol. The van der Waals surface area contributed by atoms with Gasteiger partial charge in [-0.05, 0) is 45.9 Å². The number of benzene rings is 1. The Bertz CT molecular complexity index is 718. The van der Waals surface area contributed by atoms with Crippen LogP contribution in [-0.2, 0) is 0 Å². The summed E-state index contributed by atoms with van der Waals surface area (Å²) in [6, 6.07) is 12.1. The van der Waals surface area contributed by atoms with Gasteiger partial charge in [0.1, 0.15) is 4.32 Å². The minimum absolute atomic E-state index is 0.129. The quantitative estimate of drug-likeness (QED) is 0.554. The Balaban J connectivity index is 2.16. The summed E-state index contributed by atoms with van der Waals surface area (Å²) in [6.45, 7) is 9.93. The zero-order valence-corrected chi connectivity index (χ0v) is 16.3. The molecule has 0 unspecified atom stereocenters. The van der Waals surface area contributed by atoms with Gasteiger partial charge >= 0.3 is 0 Å². The van der Waals surface area contributed by atoms with Crippen molar-refractivity contribution >= 4 is 34.1 Å². The fraction of sp³-hybridized carbons (Fsp3) is 0.368. The Morgan fingerprint density at radius 1 is 1.17 bits per heavy atom. The second-order valence-electron chi connectivity index (χ2n) is 5.61. The molecular formula is C19H24N2OS2. The van der Waals surface area contributed by atoms with Crippen LogP contribution in [-0.4, -0.2) is 38.4 Å². The van der Waals surface area contributed by atoms with Gasteiger partial charge in [-0.15, -0.1) is 0 Å².